The van der Waals surface area contributed by atoms with Crippen LogP contribution in [0.2, 0.25) is 5.15 Å². The Balaban J connectivity index is 2.41. The van der Waals surface area contributed by atoms with E-state index in [-0.39, 0.29) is 6.42 Å². The van der Waals surface area contributed by atoms with E-state index in [0.717, 1.165) is 17.9 Å². The van der Waals surface area contributed by atoms with Gasteiger partial charge in [-0.15, -0.1) is 0 Å². The van der Waals surface area contributed by atoms with Gasteiger partial charge in [-0.2, -0.15) is 0 Å². The molecule has 1 aliphatic rings. The van der Waals surface area contributed by atoms with Crippen LogP contribution < -0.4 is 5.73 Å². The molecule has 1 atom stereocenters. The summed E-state index contributed by atoms with van der Waals surface area (Å²) >= 11 is 5.99. The fourth-order valence-electron chi connectivity index (χ4n) is 2.09. The lowest BCUT2D eigenvalue weighted by molar-refractivity contribution is -0.144. The minimum atomic E-state index is -1.20. The van der Waals surface area contributed by atoms with Gasteiger partial charge in [0.1, 0.15) is 11.4 Å². The van der Waals surface area contributed by atoms with Crippen LogP contribution in [-0.4, -0.2) is 26.2 Å². The second-order valence-corrected chi connectivity index (χ2v) is 4.52. The van der Waals surface area contributed by atoms with Crippen molar-refractivity contribution in [2.45, 2.75) is 38.3 Å². The first-order valence-electron chi connectivity index (χ1n) is 5.24. The summed E-state index contributed by atoms with van der Waals surface area (Å²) in [6.07, 6.45) is 1.44. The first kappa shape index (κ1) is 11.4. The van der Waals surface area contributed by atoms with Crippen LogP contribution in [0.5, 0.6) is 0 Å². The molecule has 1 aromatic heterocycles. The molecule has 88 valence electrons. The van der Waals surface area contributed by atoms with Crippen molar-refractivity contribution in [1.82, 2.24) is 9.55 Å². The number of aryl methyl sites for hydroxylation is 1. The fourth-order valence-corrected chi connectivity index (χ4v) is 2.36. The highest BCUT2D eigenvalue weighted by molar-refractivity contribution is 6.30. The van der Waals surface area contributed by atoms with E-state index >= 15 is 0 Å². The van der Waals surface area contributed by atoms with Crippen molar-refractivity contribution in [3.63, 3.8) is 0 Å². The first-order chi connectivity index (χ1) is 7.48. The molecule has 2 rings (SSSR count). The second kappa shape index (κ2) is 3.75. The molecule has 6 heteroatoms. The normalized spacial score (nSPS) is 24.2. The predicted molar refractivity (Wildman–Crippen MR) is 59.5 cm³/mol. The summed E-state index contributed by atoms with van der Waals surface area (Å²) < 4.78 is 1.98. The maximum atomic E-state index is 11.1. The molecule has 2 heterocycles. The van der Waals surface area contributed by atoms with Crippen LogP contribution in [0, 0.1) is 0 Å². The Morgan fingerprint density at radius 3 is 3.00 bits per heavy atom. The number of aliphatic carboxylic acids is 1. The number of carboxylic acids is 1. The van der Waals surface area contributed by atoms with Crippen LogP contribution >= 0.6 is 11.6 Å². The monoisotopic (exact) mass is 243 g/mol. The van der Waals surface area contributed by atoms with Gasteiger partial charge in [-0.1, -0.05) is 18.5 Å². The van der Waals surface area contributed by atoms with E-state index in [1.807, 2.05) is 11.5 Å². The lowest BCUT2D eigenvalue weighted by Crippen LogP contribution is -2.53. The zero-order valence-corrected chi connectivity index (χ0v) is 9.79. The molecule has 0 spiro atoms. The van der Waals surface area contributed by atoms with E-state index < -0.39 is 11.5 Å². The van der Waals surface area contributed by atoms with Crippen LogP contribution in [0.25, 0.3) is 0 Å². The topological polar surface area (TPSA) is 81.1 Å². The molecule has 5 nitrogen and oxygen atoms in total. The summed E-state index contributed by atoms with van der Waals surface area (Å²) in [5.74, 6) is -0.0819. The molecule has 0 aromatic carbocycles. The molecule has 0 saturated heterocycles. The zero-order chi connectivity index (χ0) is 11.9. The zero-order valence-electron chi connectivity index (χ0n) is 9.03. The first-order valence-corrected chi connectivity index (χ1v) is 5.62. The summed E-state index contributed by atoms with van der Waals surface area (Å²) in [4.78, 5) is 15.3. The Kier molecular flexibility index (Phi) is 2.67. The summed E-state index contributed by atoms with van der Waals surface area (Å²) in [5.41, 5.74) is 5.38. The van der Waals surface area contributed by atoms with Gasteiger partial charge in [0.25, 0.3) is 0 Å². The molecule has 16 heavy (non-hydrogen) atoms. The van der Waals surface area contributed by atoms with Crippen LogP contribution in [0.3, 0.4) is 0 Å². The fraction of sp³-hybridized carbons (Fsp3) is 0.600. The van der Waals surface area contributed by atoms with Crippen LogP contribution in [0.15, 0.2) is 0 Å². The van der Waals surface area contributed by atoms with Gasteiger partial charge in [-0.3, -0.25) is 4.79 Å². The van der Waals surface area contributed by atoms with E-state index in [0.29, 0.717) is 18.1 Å². The molecule has 1 unspecified atom stereocenters. The van der Waals surface area contributed by atoms with Crippen LogP contribution in [0.4, 0.5) is 0 Å². The van der Waals surface area contributed by atoms with Crippen molar-refractivity contribution in [2.24, 2.45) is 5.73 Å². The number of hydrogen-bond donors (Lipinski definition) is 2. The van der Waals surface area contributed by atoms with Gasteiger partial charge < -0.3 is 15.4 Å². The standard InChI is InChI=1S/C10H14ClN3O2/c1-2-7-13-8(11)6-5-10(12,9(15)16)3-4-14(6)7/h2-5,12H2,1H3,(H,15,16). The minimum absolute atomic E-state index is 0.244. The van der Waals surface area contributed by atoms with Crippen LogP contribution in [-0.2, 0) is 24.2 Å². The number of hydrogen-bond acceptors (Lipinski definition) is 3. The Labute approximate surface area is 98.2 Å². The van der Waals surface area contributed by atoms with E-state index in [1.165, 1.54) is 0 Å². The number of fused-ring (bicyclic) bond motifs is 1. The summed E-state index contributed by atoms with van der Waals surface area (Å²) in [5, 5.41) is 9.46. The van der Waals surface area contributed by atoms with Crippen molar-refractivity contribution in [2.75, 3.05) is 0 Å². The Morgan fingerprint density at radius 2 is 2.44 bits per heavy atom. The minimum Gasteiger partial charge on any atom is -0.480 e. The van der Waals surface area contributed by atoms with Crippen molar-refractivity contribution < 1.29 is 9.90 Å². The number of imidazole rings is 1. The highest BCUT2D eigenvalue weighted by Gasteiger charge is 2.39. The third-order valence-electron chi connectivity index (χ3n) is 3.11. The van der Waals surface area contributed by atoms with Gasteiger partial charge in [0, 0.05) is 19.4 Å². The number of rotatable bonds is 2. The average Bonchev–Trinajstić information content (AvgIpc) is 2.55. The quantitative estimate of drug-likeness (QED) is 0.806. The third-order valence-corrected chi connectivity index (χ3v) is 3.41. The van der Waals surface area contributed by atoms with Crippen molar-refractivity contribution >= 4 is 17.6 Å². The van der Waals surface area contributed by atoms with E-state index in [9.17, 15) is 4.79 Å². The highest BCUT2D eigenvalue weighted by Crippen LogP contribution is 2.29. The Bertz CT molecular complexity index is 444. The predicted octanol–water partition coefficient (Wildman–Crippen LogP) is 0.827. The maximum Gasteiger partial charge on any atom is 0.324 e. The second-order valence-electron chi connectivity index (χ2n) is 4.16. The molecule has 0 fully saturated rings. The van der Waals surface area contributed by atoms with Crippen LogP contribution in [0.1, 0.15) is 24.9 Å². The van der Waals surface area contributed by atoms with Crippen molar-refractivity contribution in [1.29, 1.82) is 0 Å². The summed E-state index contributed by atoms with van der Waals surface area (Å²) in [7, 11) is 0. The third kappa shape index (κ3) is 1.60. The van der Waals surface area contributed by atoms with Gasteiger partial charge in [0.2, 0.25) is 0 Å². The SMILES string of the molecule is CCc1nc(Cl)c2n1CCC(N)(C(=O)O)C2. The highest BCUT2D eigenvalue weighted by atomic mass is 35.5. The average molecular weight is 244 g/mol. The Morgan fingerprint density at radius 1 is 1.75 bits per heavy atom. The maximum absolute atomic E-state index is 11.1. The molecule has 0 radical (unpaired) electrons. The van der Waals surface area contributed by atoms with E-state index in [1.54, 1.807) is 0 Å². The van der Waals surface area contributed by atoms with E-state index in [4.69, 9.17) is 22.4 Å². The lowest BCUT2D eigenvalue weighted by Gasteiger charge is -2.30. The lowest BCUT2D eigenvalue weighted by atomic mass is 9.88. The number of carbonyl (C=O) groups is 1. The van der Waals surface area contributed by atoms with Gasteiger partial charge in [0.15, 0.2) is 5.15 Å². The molecule has 3 N–H and O–H groups in total. The number of nitrogens with zero attached hydrogens (tertiary/aromatic N) is 2. The summed E-state index contributed by atoms with van der Waals surface area (Å²) in [6.45, 7) is 2.56. The summed E-state index contributed by atoms with van der Waals surface area (Å²) in [6, 6.07) is 0. The van der Waals surface area contributed by atoms with Gasteiger partial charge in [-0.25, -0.2) is 4.98 Å². The number of halogens is 1. The Hall–Kier alpha value is -1.07. The molecule has 1 aromatic rings. The van der Waals surface area contributed by atoms with Gasteiger partial charge in [0.05, 0.1) is 5.69 Å². The largest absolute Gasteiger partial charge is 0.480 e. The molecule has 0 amide bonds. The smallest absolute Gasteiger partial charge is 0.324 e. The van der Waals surface area contributed by atoms with E-state index in [2.05, 4.69) is 4.98 Å². The molecule has 0 bridgehead atoms. The van der Waals surface area contributed by atoms with Gasteiger partial charge >= 0.3 is 5.97 Å². The molecular weight excluding hydrogens is 230 g/mol. The van der Waals surface area contributed by atoms with Crippen molar-refractivity contribution in [3.05, 3.63) is 16.7 Å². The molecular formula is C10H14ClN3O2. The van der Waals surface area contributed by atoms with Gasteiger partial charge in [-0.05, 0) is 6.42 Å². The molecule has 0 aliphatic carbocycles. The van der Waals surface area contributed by atoms with Crippen molar-refractivity contribution in [3.8, 4) is 0 Å². The number of aromatic nitrogens is 2. The molecule has 1 aliphatic heterocycles. The number of nitrogens with two attached hydrogens (primary N) is 1. The number of carboxylic acid groups (broad SMARTS) is 1. The molecule has 0 saturated carbocycles.